The van der Waals surface area contributed by atoms with Gasteiger partial charge in [-0.05, 0) is 54.6 Å². The highest BCUT2D eigenvalue weighted by Crippen LogP contribution is 2.16. The van der Waals surface area contributed by atoms with Crippen LogP contribution in [0, 0.1) is 9.39 Å². The number of aliphatic imine (C=N–C) groups is 1. The maximum absolute atomic E-state index is 13.0. The Labute approximate surface area is 102 Å². The van der Waals surface area contributed by atoms with Crippen molar-refractivity contribution >= 4 is 28.3 Å². The van der Waals surface area contributed by atoms with Gasteiger partial charge in [0.2, 0.25) is 0 Å². The predicted octanol–water partition coefficient (Wildman–Crippen LogP) is 3.60. The Balaban J connectivity index is 3.17. The van der Waals surface area contributed by atoms with Crippen molar-refractivity contribution in [1.82, 2.24) is 0 Å². The van der Waals surface area contributed by atoms with Gasteiger partial charge < -0.3 is 0 Å². The summed E-state index contributed by atoms with van der Waals surface area (Å²) in [6.07, 6.45) is 0. The average Bonchev–Trinajstić information content (AvgIpc) is 2.18. The van der Waals surface area contributed by atoms with Crippen molar-refractivity contribution in [3.63, 3.8) is 0 Å². The minimum Gasteiger partial charge on any atom is -0.284 e. The molecular weight excluding hydrogens is 311 g/mol. The quantitative estimate of drug-likeness (QED) is 0.595. The fourth-order valence-corrected chi connectivity index (χ4v) is 1.85. The van der Waals surface area contributed by atoms with E-state index in [9.17, 15) is 8.78 Å². The van der Waals surface area contributed by atoms with Crippen molar-refractivity contribution in [2.75, 3.05) is 6.67 Å². The summed E-state index contributed by atoms with van der Waals surface area (Å²) in [5.74, 6) is -0.365. The summed E-state index contributed by atoms with van der Waals surface area (Å²) in [6, 6.07) is 4.31. The fraction of sp³-hybridized carbons (Fsp3) is 0.364. The Bertz CT molecular complexity index is 375. The van der Waals surface area contributed by atoms with Crippen LogP contribution in [0.5, 0.6) is 0 Å². The molecule has 4 heteroatoms. The van der Waals surface area contributed by atoms with Gasteiger partial charge in [-0.1, -0.05) is 0 Å². The van der Waals surface area contributed by atoms with Crippen molar-refractivity contribution < 1.29 is 8.78 Å². The molecule has 0 saturated heterocycles. The lowest BCUT2D eigenvalue weighted by Crippen LogP contribution is -2.09. The van der Waals surface area contributed by atoms with E-state index in [-0.39, 0.29) is 11.9 Å². The summed E-state index contributed by atoms with van der Waals surface area (Å²) in [5, 5.41) is 0. The summed E-state index contributed by atoms with van der Waals surface area (Å²) in [7, 11) is 0. The normalized spacial score (nSPS) is 12.3. The zero-order valence-electron chi connectivity index (χ0n) is 8.60. The lowest BCUT2D eigenvalue weighted by molar-refractivity contribution is 0.578. The molecule has 0 amide bonds. The Morgan fingerprint density at radius 1 is 1.47 bits per heavy atom. The predicted molar refractivity (Wildman–Crippen MR) is 66.8 cm³/mol. The van der Waals surface area contributed by atoms with Gasteiger partial charge in [0.1, 0.15) is 12.5 Å². The molecule has 0 spiro atoms. The second-order valence-corrected chi connectivity index (χ2v) is 4.59. The molecule has 0 bridgehead atoms. The van der Waals surface area contributed by atoms with E-state index in [2.05, 4.69) is 4.99 Å². The smallest absolute Gasteiger partial charge is 0.132 e. The molecule has 0 atom stereocenters. The molecule has 0 aliphatic carbocycles. The second kappa shape index (κ2) is 5.53. The first-order valence-corrected chi connectivity index (χ1v) is 5.70. The van der Waals surface area contributed by atoms with E-state index in [0.29, 0.717) is 11.3 Å². The highest BCUT2D eigenvalue weighted by atomic mass is 127. The van der Waals surface area contributed by atoms with Crippen LogP contribution >= 0.6 is 22.6 Å². The lowest BCUT2D eigenvalue weighted by atomic mass is 10.1. The van der Waals surface area contributed by atoms with E-state index in [0.717, 1.165) is 3.57 Å². The summed E-state index contributed by atoms with van der Waals surface area (Å²) < 4.78 is 26.6. The monoisotopic (exact) mass is 323 g/mol. The lowest BCUT2D eigenvalue weighted by Gasteiger charge is -2.07. The topological polar surface area (TPSA) is 12.4 Å². The van der Waals surface area contributed by atoms with Crippen molar-refractivity contribution in [3.05, 3.63) is 33.1 Å². The third-order valence-electron chi connectivity index (χ3n) is 1.78. The van der Waals surface area contributed by atoms with Crippen LogP contribution in [-0.4, -0.2) is 18.4 Å². The number of hydrogen-bond acceptors (Lipinski definition) is 1. The minimum atomic E-state index is -0.669. The first kappa shape index (κ1) is 12.5. The zero-order valence-corrected chi connectivity index (χ0v) is 10.8. The van der Waals surface area contributed by atoms with Crippen LogP contribution in [0.25, 0.3) is 0 Å². The molecule has 0 N–H and O–H groups in total. The molecule has 0 radical (unpaired) electrons. The molecule has 82 valence electrons. The highest BCUT2D eigenvalue weighted by Gasteiger charge is 2.09. The first-order valence-electron chi connectivity index (χ1n) is 4.62. The molecule has 0 fully saturated rings. The third kappa shape index (κ3) is 3.52. The molecule has 15 heavy (non-hydrogen) atoms. The van der Waals surface area contributed by atoms with E-state index in [1.807, 2.05) is 36.4 Å². The van der Waals surface area contributed by atoms with Crippen LogP contribution in [0.3, 0.4) is 0 Å². The van der Waals surface area contributed by atoms with Gasteiger partial charge >= 0.3 is 0 Å². The molecule has 0 aliphatic rings. The van der Waals surface area contributed by atoms with Crippen LogP contribution in [0.15, 0.2) is 23.2 Å². The molecule has 0 saturated carbocycles. The van der Waals surface area contributed by atoms with Crippen molar-refractivity contribution in [2.45, 2.75) is 19.9 Å². The van der Waals surface area contributed by atoms with E-state index in [1.165, 1.54) is 12.1 Å². The second-order valence-electron chi connectivity index (χ2n) is 3.43. The van der Waals surface area contributed by atoms with Crippen molar-refractivity contribution in [3.8, 4) is 0 Å². The van der Waals surface area contributed by atoms with Gasteiger partial charge in [-0.2, -0.15) is 0 Å². The Morgan fingerprint density at radius 2 is 2.13 bits per heavy atom. The number of alkyl halides is 1. The fourth-order valence-electron chi connectivity index (χ4n) is 1.21. The summed E-state index contributed by atoms with van der Waals surface area (Å²) in [4.78, 5) is 4.14. The highest BCUT2D eigenvalue weighted by molar-refractivity contribution is 14.1. The van der Waals surface area contributed by atoms with Gasteiger partial charge in [0.25, 0.3) is 0 Å². The molecule has 1 rings (SSSR count). The van der Waals surface area contributed by atoms with Crippen molar-refractivity contribution in [2.24, 2.45) is 4.99 Å². The van der Waals surface area contributed by atoms with E-state index >= 15 is 0 Å². The number of nitrogens with zero attached hydrogens (tertiary/aromatic N) is 1. The minimum absolute atomic E-state index is 0.00909. The van der Waals surface area contributed by atoms with Gasteiger partial charge in [-0.25, -0.2) is 8.78 Å². The van der Waals surface area contributed by atoms with E-state index < -0.39 is 6.67 Å². The van der Waals surface area contributed by atoms with Crippen molar-refractivity contribution in [1.29, 1.82) is 0 Å². The largest absolute Gasteiger partial charge is 0.284 e. The SMILES string of the molecule is CC(C)/N=C(/CF)c1cc(F)ccc1I. The standard InChI is InChI=1S/C11H12F2IN/c1-7(2)15-11(6-12)9-5-8(13)3-4-10(9)14/h3-5,7H,6H2,1-2H3/b15-11-. The van der Waals surface area contributed by atoms with Crippen LogP contribution < -0.4 is 0 Å². The van der Waals surface area contributed by atoms with Gasteiger partial charge in [0.15, 0.2) is 0 Å². The molecule has 1 nitrogen and oxygen atoms in total. The van der Waals surface area contributed by atoms with Gasteiger partial charge in [-0.3, -0.25) is 4.99 Å². The molecule has 0 aliphatic heterocycles. The van der Waals surface area contributed by atoms with Crippen LogP contribution in [-0.2, 0) is 0 Å². The molecule has 0 heterocycles. The summed E-state index contributed by atoms with van der Waals surface area (Å²) in [6.45, 7) is 3.06. The number of halogens is 3. The number of benzene rings is 1. The third-order valence-corrected chi connectivity index (χ3v) is 2.72. The van der Waals surface area contributed by atoms with E-state index in [4.69, 9.17) is 0 Å². The van der Waals surface area contributed by atoms with Gasteiger partial charge in [0, 0.05) is 15.2 Å². The van der Waals surface area contributed by atoms with Gasteiger partial charge in [0.05, 0.1) is 5.71 Å². The van der Waals surface area contributed by atoms with Crippen LogP contribution in [0.1, 0.15) is 19.4 Å². The maximum Gasteiger partial charge on any atom is 0.132 e. The van der Waals surface area contributed by atoms with Gasteiger partial charge in [-0.15, -0.1) is 0 Å². The summed E-state index contributed by atoms with van der Waals surface area (Å²) in [5.41, 5.74) is 0.862. The molecule has 0 aromatic heterocycles. The Kier molecular flexibility index (Phi) is 4.63. The molecule has 1 aromatic carbocycles. The average molecular weight is 323 g/mol. The van der Waals surface area contributed by atoms with Crippen LogP contribution in [0.2, 0.25) is 0 Å². The van der Waals surface area contributed by atoms with E-state index in [1.54, 1.807) is 6.07 Å². The first-order chi connectivity index (χ1) is 7.04. The summed E-state index contributed by atoms with van der Waals surface area (Å²) >= 11 is 2.05. The molecular formula is C11H12F2IN. The molecule has 0 unspecified atom stereocenters. The molecule has 1 aromatic rings. The maximum atomic E-state index is 13.0. The Morgan fingerprint density at radius 3 is 2.67 bits per heavy atom. The van der Waals surface area contributed by atoms with Crippen LogP contribution in [0.4, 0.5) is 8.78 Å². The number of hydrogen-bond donors (Lipinski definition) is 0. The zero-order chi connectivity index (χ0) is 11.4. The number of rotatable bonds is 3. The Hall–Kier alpha value is -0.520.